The number of nitrogens with one attached hydrogen (secondary N) is 1. The van der Waals surface area contributed by atoms with Crippen molar-refractivity contribution in [1.29, 1.82) is 0 Å². The number of para-hydroxylation sites is 2. The Morgan fingerprint density at radius 2 is 0.816 bits per heavy atom. The van der Waals surface area contributed by atoms with Crippen LogP contribution in [0.25, 0.3) is 175 Å². The lowest BCUT2D eigenvalue weighted by atomic mass is 10.00. The van der Waals surface area contributed by atoms with Crippen molar-refractivity contribution in [3.63, 3.8) is 0 Å². The van der Waals surface area contributed by atoms with Crippen LogP contribution in [0.3, 0.4) is 0 Å². The van der Waals surface area contributed by atoms with E-state index in [9.17, 15) is 0 Å². The standard InChI is InChI=1S/C44H23N3S4.C22H13ClN2S3.C22H13NS/c1-2-13-25-24(12-1)36-26-14-3-6-18-30(26)47(40(36)37-27-15-4-7-19-31(27)49-42(25)37)44-45-38-28-16-5-8-20-32(28)50-43(38)39(46-44)29-17-11-23-35-41(29)51-34-22-10-9-21-33(34)48-35;23-22-24-18-12-6-1-2-8-14(12)27-21(18)19(25-22)13-7-5-11-17-20(13)28-16-10-4-3-9-15(16)26-17;1-2-8-14-13(7-1)19-15-9-3-5-11-17(15)23-21(19)20-16-10-4-6-12-18(16)24-22(14)20/h1-23H;1-11,15-16H;1-12,23H. The molecule has 0 amide bonds. The van der Waals surface area contributed by atoms with E-state index >= 15 is 0 Å². The summed E-state index contributed by atoms with van der Waals surface area (Å²) in [7, 11) is 0. The van der Waals surface area contributed by atoms with E-state index < -0.39 is 0 Å². The van der Waals surface area contributed by atoms with Gasteiger partial charge in [-0.3, -0.25) is 4.57 Å². The first-order valence-electron chi connectivity index (χ1n) is 33.9. The number of H-pyrrole nitrogens is 1. The van der Waals surface area contributed by atoms with Crippen molar-refractivity contribution >= 4 is 250 Å². The summed E-state index contributed by atoms with van der Waals surface area (Å²) >= 11 is 21.2. The summed E-state index contributed by atoms with van der Waals surface area (Å²) in [5.74, 6) is 0.700. The number of thiophene rings is 4. The van der Waals surface area contributed by atoms with Gasteiger partial charge in [-0.25, -0.2) is 19.9 Å². The average Bonchev–Trinajstić information content (AvgIpc) is 1.53. The zero-order valence-electron chi connectivity index (χ0n) is 54.1. The third kappa shape index (κ3) is 9.55. The van der Waals surface area contributed by atoms with Crippen molar-refractivity contribution in [1.82, 2.24) is 29.5 Å². The van der Waals surface area contributed by atoms with E-state index in [4.69, 9.17) is 21.6 Å². The number of aromatic nitrogens is 6. The minimum absolute atomic E-state index is 0.301. The lowest BCUT2D eigenvalue weighted by molar-refractivity contribution is 1.02. The summed E-state index contributed by atoms with van der Waals surface area (Å²) in [6.07, 6.45) is 8.89. The predicted molar refractivity (Wildman–Crippen MR) is 449 cm³/mol. The topological polar surface area (TPSA) is 72.3 Å². The van der Waals surface area contributed by atoms with Crippen molar-refractivity contribution in [3.8, 4) is 28.5 Å². The Balaban J connectivity index is 0.000000108. The van der Waals surface area contributed by atoms with Crippen molar-refractivity contribution in [2.24, 2.45) is 0 Å². The van der Waals surface area contributed by atoms with Gasteiger partial charge >= 0.3 is 0 Å². The molecule has 0 radical (unpaired) electrons. The zero-order valence-corrected chi connectivity index (χ0v) is 61.4. The molecule has 0 saturated heterocycles. The smallest absolute Gasteiger partial charge is 0.235 e. The molecule has 1 N–H and O–H groups in total. The Bertz CT molecular complexity index is 7280. The number of hydrogen-bond donors (Lipinski definition) is 1. The Morgan fingerprint density at radius 3 is 1.50 bits per heavy atom. The number of halogens is 1. The Hall–Kier alpha value is -9.81. The van der Waals surface area contributed by atoms with Gasteiger partial charge in [-0.05, 0) is 83.0 Å². The number of thioether (sulfide) groups is 2. The van der Waals surface area contributed by atoms with Gasteiger partial charge in [0.15, 0.2) is 0 Å². The molecule has 21 aromatic rings. The number of aromatic amines is 1. The van der Waals surface area contributed by atoms with Gasteiger partial charge in [-0.1, -0.05) is 242 Å². The van der Waals surface area contributed by atoms with E-state index in [0.29, 0.717) is 21.7 Å². The first-order chi connectivity index (χ1) is 51.0. The molecule has 2 atom stereocenters. The molecule has 0 fully saturated rings. The SMILES string of the molecule is Clc1nc(-c2cccc3c2SC2C=CC=CC2S3)c2sc3ccccc3c2n1.c1ccc2c(c1)Sc1cccc(-c3nc(-n4c5ccccc5c5c6ccccc6c6sc7ccccc7c6c54)nc4c3sc3ccccc34)c1S2.c1ccc2c(c1)[nH]c1c2c2ccccc2c2sc3ccccc3c12. The molecule has 103 heavy (non-hydrogen) atoms. The third-order valence-electron chi connectivity index (χ3n) is 20.0. The van der Waals surface area contributed by atoms with Gasteiger partial charge in [0.1, 0.15) is 0 Å². The summed E-state index contributed by atoms with van der Waals surface area (Å²) in [6.45, 7) is 0. The quantitative estimate of drug-likeness (QED) is 0.176. The Labute approximate surface area is 626 Å². The minimum Gasteiger partial charge on any atom is -0.354 e. The molecule has 8 aromatic heterocycles. The van der Waals surface area contributed by atoms with Gasteiger partial charge in [0.25, 0.3) is 0 Å². The molecule has 0 saturated carbocycles. The van der Waals surface area contributed by atoms with E-state index in [1.165, 1.54) is 139 Å². The molecule has 0 bridgehead atoms. The Morgan fingerprint density at radius 1 is 0.340 bits per heavy atom. The predicted octanol–water partition coefficient (Wildman–Crippen LogP) is 27.8. The van der Waals surface area contributed by atoms with Gasteiger partial charge in [0.05, 0.1) is 48.4 Å². The highest BCUT2D eigenvalue weighted by atomic mass is 35.5. The second-order valence-corrected chi connectivity index (χ2v) is 34.9. The zero-order chi connectivity index (χ0) is 67.5. The summed E-state index contributed by atoms with van der Waals surface area (Å²) in [5.41, 5.74) is 10.9. The minimum atomic E-state index is 0.301. The van der Waals surface area contributed by atoms with Crippen LogP contribution in [0.4, 0.5) is 0 Å². The van der Waals surface area contributed by atoms with Crippen molar-refractivity contribution in [2.75, 3.05) is 0 Å². The second kappa shape index (κ2) is 24.1. The highest BCUT2D eigenvalue weighted by Gasteiger charge is 2.32. The number of allylic oxidation sites excluding steroid dienone is 2. The largest absolute Gasteiger partial charge is 0.354 e. The lowest BCUT2D eigenvalue weighted by Gasteiger charge is -2.30. The van der Waals surface area contributed by atoms with Crippen LogP contribution in [0.5, 0.6) is 0 Å². The monoisotopic (exact) mass is 1480 g/mol. The van der Waals surface area contributed by atoms with Crippen molar-refractivity contribution in [2.45, 2.75) is 39.9 Å². The molecule has 13 aromatic carbocycles. The fraction of sp³-hybridized carbons (Fsp3) is 0.0227. The molecule has 486 valence electrons. The third-order valence-corrected chi connectivity index (χ3v) is 30.6. The lowest BCUT2D eigenvalue weighted by Crippen LogP contribution is -2.20. The van der Waals surface area contributed by atoms with Crippen LogP contribution in [0.2, 0.25) is 5.28 Å². The van der Waals surface area contributed by atoms with Crippen LogP contribution in [0.15, 0.2) is 308 Å². The fourth-order valence-corrected chi connectivity index (χ4v) is 25.8. The molecule has 24 rings (SSSR count). The van der Waals surface area contributed by atoms with Crippen molar-refractivity contribution < 1.29 is 0 Å². The molecule has 15 heteroatoms. The highest BCUT2D eigenvalue weighted by Crippen LogP contribution is 2.56. The van der Waals surface area contributed by atoms with Crippen LogP contribution in [-0.2, 0) is 0 Å². The number of rotatable bonds is 3. The number of fused-ring (bicyclic) bond motifs is 30. The maximum atomic E-state index is 6.37. The number of hydrogen-bond acceptors (Lipinski definition) is 12. The summed E-state index contributed by atoms with van der Waals surface area (Å²) < 4.78 is 12.3. The first-order valence-corrected chi connectivity index (χ1v) is 40.9. The molecular formula is C88H49ClN6S8. The van der Waals surface area contributed by atoms with E-state index in [2.05, 4.69) is 293 Å². The van der Waals surface area contributed by atoms with Gasteiger partial charge in [-0.2, -0.15) is 0 Å². The van der Waals surface area contributed by atoms with Crippen LogP contribution in [0.1, 0.15) is 0 Å². The van der Waals surface area contributed by atoms with E-state index in [1.54, 1.807) is 22.7 Å². The van der Waals surface area contributed by atoms with E-state index in [0.717, 1.165) is 59.2 Å². The first kappa shape index (κ1) is 60.7. The molecule has 1 aliphatic carbocycles. The summed E-state index contributed by atoms with van der Waals surface area (Å²) in [5, 5.41) is 19.1. The van der Waals surface area contributed by atoms with E-state index in [1.807, 2.05) is 75.8 Å². The molecule has 3 aliphatic rings. The van der Waals surface area contributed by atoms with Crippen LogP contribution < -0.4 is 0 Å². The number of nitrogens with zero attached hydrogens (tertiary/aromatic N) is 5. The number of benzene rings is 13. The fourth-order valence-electron chi connectivity index (χ4n) is 15.6. The molecular weight excluding hydrogens is 1430 g/mol. The Kier molecular flexibility index (Phi) is 14.2. The van der Waals surface area contributed by atoms with Gasteiger partial charge in [0, 0.05) is 149 Å². The maximum absolute atomic E-state index is 6.37. The van der Waals surface area contributed by atoms with Gasteiger partial charge in [-0.15, -0.1) is 68.9 Å². The summed E-state index contributed by atoms with van der Waals surface area (Å²) in [4.78, 5) is 31.9. The maximum Gasteiger partial charge on any atom is 0.235 e. The molecule has 2 aliphatic heterocycles. The average molecular weight is 1480 g/mol. The van der Waals surface area contributed by atoms with Crippen LogP contribution >= 0.6 is 104 Å². The second-order valence-electron chi connectivity index (χ2n) is 25.8. The molecule has 6 nitrogen and oxygen atoms in total. The van der Waals surface area contributed by atoms with Crippen LogP contribution in [0, 0.1) is 0 Å². The molecule has 10 heterocycles. The highest BCUT2D eigenvalue weighted by molar-refractivity contribution is 8.07. The molecule has 0 spiro atoms. The van der Waals surface area contributed by atoms with Crippen LogP contribution in [-0.4, -0.2) is 40.0 Å². The van der Waals surface area contributed by atoms with Gasteiger partial charge in [0.2, 0.25) is 11.2 Å². The molecule has 2 unspecified atom stereocenters. The normalized spacial score (nSPS) is 14.8. The van der Waals surface area contributed by atoms with Gasteiger partial charge < -0.3 is 4.98 Å². The van der Waals surface area contributed by atoms with E-state index in [-0.39, 0.29) is 0 Å². The summed E-state index contributed by atoms with van der Waals surface area (Å²) in [6, 6.07) is 91.6. The van der Waals surface area contributed by atoms with Crippen molar-refractivity contribution in [3.05, 3.63) is 284 Å².